The lowest BCUT2D eigenvalue weighted by Crippen LogP contribution is -2.48. The van der Waals surface area contributed by atoms with Crippen molar-refractivity contribution in [3.63, 3.8) is 0 Å². The summed E-state index contributed by atoms with van der Waals surface area (Å²) >= 11 is 0. The quantitative estimate of drug-likeness (QED) is 0.392. The Kier molecular flexibility index (Phi) is 5.46. The number of nitrogens with zero attached hydrogens (tertiary/aromatic N) is 1. The van der Waals surface area contributed by atoms with Gasteiger partial charge in [0.15, 0.2) is 0 Å². The molecule has 0 aliphatic heterocycles. The third-order valence-corrected chi connectivity index (χ3v) is 8.48. The maximum Gasteiger partial charge on any atom is 0.335 e. The van der Waals surface area contributed by atoms with Gasteiger partial charge in [0.25, 0.3) is 0 Å². The molecule has 0 spiro atoms. The van der Waals surface area contributed by atoms with E-state index in [4.69, 9.17) is 4.74 Å². The van der Waals surface area contributed by atoms with Gasteiger partial charge in [-0.15, -0.1) is 0 Å². The van der Waals surface area contributed by atoms with E-state index in [1.807, 2.05) is 12.1 Å². The summed E-state index contributed by atoms with van der Waals surface area (Å²) in [4.78, 5) is 11.2. The van der Waals surface area contributed by atoms with Gasteiger partial charge in [0.2, 0.25) is 0 Å². The standard InChI is InChI=1S/C30H34N2O3/c1-18(2)17-35-28-8-7-24(12-25(28)30-14-19-9-20(15-30)11-21(10-19)16-30)27-13-26(31-32-27)22-3-5-23(6-4-22)29(33)34/h3-8,12-13,18-21H,9-11,14-17H2,1-2H3,(H,31,32)(H,33,34). The zero-order valence-electron chi connectivity index (χ0n) is 20.6. The highest BCUT2D eigenvalue weighted by molar-refractivity contribution is 5.88. The largest absolute Gasteiger partial charge is 0.493 e. The number of H-pyrrole nitrogens is 1. The molecule has 1 heterocycles. The number of hydrogen-bond donors (Lipinski definition) is 2. The molecule has 5 heteroatoms. The molecule has 0 unspecified atom stereocenters. The predicted octanol–water partition coefficient (Wildman–Crippen LogP) is 6.94. The molecule has 2 N–H and O–H groups in total. The van der Waals surface area contributed by atoms with Crippen LogP contribution in [0.25, 0.3) is 22.5 Å². The van der Waals surface area contributed by atoms with Gasteiger partial charge in [-0.05, 0) is 110 Å². The van der Waals surface area contributed by atoms with Crippen LogP contribution in [0.5, 0.6) is 5.75 Å². The lowest BCUT2D eigenvalue weighted by atomic mass is 9.48. The summed E-state index contributed by atoms with van der Waals surface area (Å²) in [6.07, 6.45) is 8.15. The Morgan fingerprint density at radius 1 is 1.00 bits per heavy atom. The molecule has 0 saturated heterocycles. The number of benzene rings is 2. The first-order chi connectivity index (χ1) is 16.9. The highest BCUT2D eigenvalue weighted by Crippen LogP contribution is 2.62. The molecule has 4 aliphatic rings. The Labute approximate surface area is 206 Å². The molecule has 0 atom stereocenters. The molecule has 182 valence electrons. The third-order valence-electron chi connectivity index (χ3n) is 8.48. The molecule has 7 rings (SSSR count). The predicted molar refractivity (Wildman–Crippen MR) is 137 cm³/mol. The molecule has 2 aromatic carbocycles. The summed E-state index contributed by atoms with van der Waals surface area (Å²) in [7, 11) is 0. The second-order valence-electron chi connectivity index (χ2n) is 11.7. The Morgan fingerprint density at radius 3 is 2.23 bits per heavy atom. The molecule has 4 fully saturated rings. The van der Waals surface area contributed by atoms with E-state index in [0.717, 1.165) is 52.6 Å². The molecule has 1 aromatic heterocycles. The molecular weight excluding hydrogens is 436 g/mol. The first-order valence-electron chi connectivity index (χ1n) is 13.1. The minimum atomic E-state index is -0.918. The van der Waals surface area contributed by atoms with Gasteiger partial charge in [-0.2, -0.15) is 5.10 Å². The van der Waals surface area contributed by atoms with Gasteiger partial charge >= 0.3 is 5.97 Å². The van der Waals surface area contributed by atoms with Gasteiger partial charge in [0.05, 0.1) is 23.6 Å². The lowest BCUT2D eigenvalue weighted by molar-refractivity contribution is -0.00647. The van der Waals surface area contributed by atoms with Crippen molar-refractivity contribution < 1.29 is 14.6 Å². The molecule has 4 saturated carbocycles. The Balaban J connectivity index is 1.35. The minimum absolute atomic E-state index is 0.239. The highest BCUT2D eigenvalue weighted by Gasteiger charge is 2.52. The second kappa shape index (κ2) is 8.54. The van der Waals surface area contributed by atoms with E-state index < -0.39 is 5.97 Å². The number of carbonyl (C=O) groups is 1. The number of nitrogens with one attached hydrogen (secondary N) is 1. The maximum absolute atomic E-state index is 11.2. The zero-order valence-corrected chi connectivity index (χ0v) is 20.6. The fraction of sp³-hybridized carbons (Fsp3) is 0.467. The van der Waals surface area contributed by atoms with E-state index in [9.17, 15) is 9.90 Å². The normalized spacial score (nSPS) is 26.9. The summed E-state index contributed by atoms with van der Waals surface area (Å²) < 4.78 is 6.41. The summed E-state index contributed by atoms with van der Waals surface area (Å²) in [5.74, 6) is 3.24. The number of ether oxygens (including phenoxy) is 1. The first kappa shape index (κ1) is 22.4. The first-order valence-corrected chi connectivity index (χ1v) is 13.1. The van der Waals surface area contributed by atoms with Crippen molar-refractivity contribution in [3.05, 3.63) is 59.7 Å². The fourth-order valence-electron chi connectivity index (χ4n) is 7.34. The summed E-state index contributed by atoms with van der Waals surface area (Å²) in [5, 5.41) is 17.0. The number of aromatic amines is 1. The fourth-order valence-corrected chi connectivity index (χ4v) is 7.34. The number of aromatic carboxylic acids is 1. The topological polar surface area (TPSA) is 75.2 Å². The molecular formula is C30H34N2O3. The van der Waals surface area contributed by atoms with Crippen LogP contribution in [-0.2, 0) is 5.41 Å². The molecule has 0 radical (unpaired) electrons. The number of hydrogen-bond acceptors (Lipinski definition) is 3. The van der Waals surface area contributed by atoms with Crippen molar-refractivity contribution in [2.75, 3.05) is 6.61 Å². The van der Waals surface area contributed by atoms with Crippen molar-refractivity contribution in [1.29, 1.82) is 0 Å². The molecule has 0 amide bonds. The van der Waals surface area contributed by atoms with Crippen LogP contribution in [-0.4, -0.2) is 27.9 Å². The summed E-state index contributed by atoms with van der Waals surface area (Å²) in [6, 6.07) is 15.6. The highest BCUT2D eigenvalue weighted by atomic mass is 16.5. The summed E-state index contributed by atoms with van der Waals surface area (Å²) in [6.45, 7) is 5.14. The van der Waals surface area contributed by atoms with Gasteiger partial charge in [0, 0.05) is 11.1 Å². The van der Waals surface area contributed by atoms with Gasteiger partial charge in [-0.25, -0.2) is 4.79 Å². The molecule has 35 heavy (non-hydrogen) atoms. The molecule has 5 nitrogen and oxygen atoms in total. The average Bonchev–Trinajstić information content (AvgIpc) is 3.32. The smallest absolute Gasteiger partial charge is 0.335 e. The van der Waals surface area contributed by atoms with Gasteiger partial charge in [0.1, 0.15) is 5.75 Å². The van der Waals surface area contributed by atoms with E-state index in [1.54, 1.807) is 12.1 Å². The van der Waals surface area contributed by atoms with Crippen LogP contribution in [0.1, 0.15) is 68.3 Å². The van der Waals surface area contributed by atoms with Crippen molar-refractivity contribution >= 4 is 5.97 Å². The lowest BCUT2D eigenvalue weighted by Gasteiger charge is -2.57. The van der Waals surface area contributed by atoms with Crippen LogP contribution in [0.2, 0.25) is 0 Å². The van der Waals surface area contributed by atoms with Gasteiger partial charge < -0.3 is 9.84 Å². The number of carboxylic acids is 1. The van der Waals surface area contributed by atoms with Crippen LogP contribution in [0, 0.1) is 23.7 Å². The van der Waals surface area contributed by atoms with E-state index in [1.165, 1.54) is 44.1 Å². The molecule has 4 aliphatic carbocycles. The van der Waals surface area contributed by atoms with E-state index in [-0.39, 0.29) is 11.0 Å². The number of carboxylic acid groups (broad SMARTS) is 1. The van der Waals surface area contributed by atoms with E-state index in [2.05, 4.69) is 48.3 Å². The van der Waals surface area contributed by atoms with Crippen molar-refractivity contribution in [3.8, 4) is 28.3 Å². The van der Waals surface area contributed by atoms with Crippen molar-refractivity contribution in [2.45, 2.75) is 57.8 Å². The van der Waals surface area contributed by atoms with Crippen molar-refractivity contribution in [2.24, 2.45) is 23.7 Å². The monoisotopic (exact) mass is 470 g/mol. The average molecular weight is 471 g/mol. The van der Waals surface area contributed by atoms with E-state index >= 15 is 0 Å². The van der Waals surface area contributed by atoms with E-state index in [0.29, 0.717) is 5.92 Å². The van der Waals surface area contributed by atoms with Crippen LogP contribution < -0.4 is 4.74 Å². The Bertz CT molecular complexity index is 1210. The number of aromatic nitrogens is 2. The SMILES string of the molecule is CC(C)COc1ccc(-c2cc(-c3ccc(C(=O)O)cc3)[nH]n2)cc1C12CC3CC(CC(C3)C1)C2. The molecule has 4 bridgehead atoms. The third kappa shape index (κ3) is 4.15. The number of rotatable bonds is 7. The van der Waals surface area contributed by atoms with Gasteiger partial charge in [-0.3, -0.25) is 5.10 Å². The van der Waals surface area contributed by atoms with Crippen LogP contribution in [0.4, 0.5) is 0 Å². The Hall–Kier alpha value is -3.08. The maximum atomic E-state index is 11.2. The van der Waals surface area contributed by atoms with Crippen LogP contribution >= 0.6 is 0 Å². The Morgan fingerprint density at radius 2 is 1.63 bits per heavy atom. The van der Waals surface area contributed by atoms with Crippen molar-refractivity contribution in [1.82, 2.24) is 10.2 Å². The second-order valence-corrected chi connectivity index (χ2v) is 11.7. The van der Waals surface area contributed by atoms with Gasteiger partial charge in [-0.1, -0.05) is 26.0 Å². The van der Waals surface area contributed by atoms with Crippen LogP contribution in [0.3, 0.4) is 0 Å². The minimum Gasteiger partial charge on any atom is -0.493 e. The summed E-state index contributed by atoms with van der Waals surface area (Å²) in [5.41, 5.74) is 5.74. The van der Waals surface area contributed by atoms with Crippen LogP contribution in [0.15, 0.2) is 48.5 Å². The zero-order chi connectivity index (χ0) is 24.2. The molecule has 3 aromatic rings.